The van der Waals surface area contributed by atoms with Crippen LogP contribution < -0.4 is 0 Å². The number of rotatable bonds is 5. The van der Waals surface area contributed by atoms with Crippen molar-refractivity contribution in [3.05, 3.63) is 21.3 Å². The van der Waals surface area contributed by atoms with Crippen LogP contribution in [0.15, 0.2) is 12.1 Å². The Labute approximate surface area is 102 Å². The highest BCUT2D eigenvalue weighted by atomic mass is 79.9. The van der Waals surface area contributed by atoms with E-state index in [4.69, 9.17) is 11.6 Å². The summed E-state index contributed by atoms with van der Waals surface area (Å²) in [7, 11) is 1.99. The molecular formula is C9H13BrClNOS. The second-order valence-corrected chi connectivity index (χ2v) is 5.66. The molecule has 0 saturated carbocycles. The Morgan fingerprint density at radius 1 is 1.64 bits per heavy atom. The number of hydrogen-bond acceptors (Lipinski definition) is 3. The van der Waals surface area contributed by atoms with Crippen LogP contribution >= 0.6 is 38.9 Å². The zero-order valence-electron chi connectivity index (χ0n) is 7.91. The van der Waals surface area contributed by atoms with Crippen molar-refractivity contribution in [3.8, 4) is 0 Å². The highest BCUT2D eigenvalue weighted by Crippen LogP contribution is 2.22. The van der Waals surface area contributed by atoms with Crippen LogP contribution in [0.1, 0.15) is 4.88 Å². The molecule has 1 rings (SSSR count). The second-order valence-electron chi connectivity index (χ2n) is 3.21. The Bertz CT molecular complexity index is 282. The number of aliphatic hydroxyl groups excluding tert-OH is 1. The lowest BCUT2D eigenvalue weighted by Gasteiger charge is -2.18. The molecule has 14 heavy (non-hydrogen) atoms. The molecule has 1 atom stereocenters. The normalized spacial score (nSPS) is 13.5. The highest BCUT2D eigenvalue weighted by molar-refractivity contribution is 9.09. The van der Waals surface area contributed by atoms with Crippen molar-refractivity contribution in [3.63, 3.8) is 0 Å². The van der Waals surface area contributed by atoms with E-state index in [2.05, 4.69) is 20.8 Å². The van der Waals surface area contributed by atoms with E-state index in [0.717, 1.165) is 10.9 Å². The molecule has 0 aliphatic heterocycles. The Balaban J connectivity index is 2.37. The maximum absolute atomic E-state index is 9.40. The average molecular weight is 299 g/mol. The van der Waals surface area contributed by atoms with Gasteiger partial charge in [-0.15, -0.1) is 11.3 Å². The van der Waals surface area contributed by atoms with Crippen molar-refractivity contribution in [2.24, 2.45) is 0 Å². The van der Waals surface area contributed by atoms with Gasteiger partial charge in [0.05, 0.1) is 10.4 Å². The summed E-state index contributed by atoms with van der Waals surface area (Å²) in [6.45, 7) is 1.50. The third kappa shape index (κ3) is 4.28. The molecule has 0 amide bonds. The molecule has 1 aromatic heterocycles. The first-order valence-electron chi connectivity index (χ1n) is 4.28. The molecule has 0 aliphatic rings. The van der Waals surface area contributed by atoms with Gasteiger partial charge in [0.25, 0.3) is 0 Å². The molecular weight excluding hydrogens is 286 g/mol. The quantitative estimate of drug-likeness (QED) is 0.845. The number of likely N-dealkylation sites (N-methyl/N-ethyl adjacent to an activating group) is 1. The molecule has 1 N–H and O–H groups in total. The van der Waals surface area contributed by atoms with Crippen LogP contribution in [0.3, 0.4) is 0 Å². The van der Waals surface area contributed by atoms with Crippen molar-refractivity contribution >= 4 is 38.9 Å². The molecule has 0 saturated heterocycles. The van der Waals surface area contributed by atoms with Gasteiger partial charge in [-0.1, -0.05) is 27.5 Å². The first-order valence-corrected chi connectivity index (χ1v) is 6.60. The average Bonchev–Trinajstić information content (AvgIpc) is 2.50. The minimum atomic E-state index is -0.310. The van der Waals surface area contributed by atoms with Crippen LogP contribution in [0.2, 0.25) is 4.34 Å². The number of nitrogens with zero attached hydrogens (tertiary/aromatic N) is 1. The van der Waals surface area contributed by atoms with Gasteiger partial charge in [-0.05, 0) is 19.2 Å². The monoisotopic (exact) mass is 297 g/mol. The van der Waals surface area contributed by atoms with E-state index in [0.29, 0.717) is 11.9 Å². The maximum atomic E-state index is 9.40. The van der Waals surface area contributed by atoms with E-state index in [1.807, 2.05) is 19.2 Å². The van der Waals surface area contributed by atoms with E-state index < -0.39 is 0 Å². The predicted octanol–water partition coefficient (Wildman–Crippen LogP) is 2.59. The van der Waals surface area contributed by atoms with Crippen LogP contribution in [0.5, 0.6) is 0 Å². The molecule has 0 bridgehead atoms. The summed E-state index contributed by atoms with van der Waals surface area (Å²) < 4.78 is 0.814. The highest BCUT2D eigenvalue weighted by Gasteiger charge is 2.08. The van der Waals surface area contributed by atoms with E-state index in [9.17, 15) is 5.11 Å². The SMILES string of the molecule is CN(Cc1ccc(Cl)s1)CC(O)CBr. The van der Waals surface area contributed by atoms with Crippen LogP contribution in [0.4, 0.5) is 0 Å². The smallest absolute Gasteiger partial charge is 0.0931 e. The molecule has 80 valence electrons. The zero-order valence-corrected chi connectivity index (χ0v) is 11.1. The van der Waals surface area contributed by atoms with Crippen molar-refractivity contribution in [1.82, 2.24) is 4.90 Å². The third-order valence-electron chi connectivity index (χ3n) is 1.76. The van der Waals surface area contributed by atoms with Gasteiger partial charge in [0.1, 0.15) is 0 Å². The number of halogens is 2. The lowest BCUT2D eigenvalue weighted by Crippen LogP contribution is -2.29. The van der Waals surface area contributed by atoms with E-state index in [1.165, 1.54) is 4.88 Å². The van der Waals surface area contributed by atoms with Gasteiger partial charge in [-0.3, -0.25) is 4.90 Å². The summed E-state index contributed by atoms with van der Waals surface area (Å²) in [5.74, 6) is 0. The van der Waals surface area contributed by atoms with Gasteiger partial charge in [-0.2, -0.15) is 0 Å². The molecule has 1 heterocycles. The minimum Gasteiger partial charge on any atom is -0.391 e. The molecule has 0 spiro atoms. The standard InChI is InChI=1S/C9H13BrClNOS/c1-12(5-7(13)4-10)6-8-2-3-9(11)14-8/h2-3,7,13H,4-6H2,1H3. The molecule has 1 unspecified atom stereocenters. The summed E-state index contributed by atoms with van der Waals surface area (Å²) in [6.07, 6.45) is -0.310. The Morgan fingerprint density at radius 3 is 2.86 bits per heavy atom. The molecule has 0 radical (unpaired) electrons. The predicted molar refractivity (Wildman–Crippen MR) is 65.5 cm³/mol. The van der Waals surface area contributed by atoms with Crippen LogP contribution in [-0.4, -0.2) is 35.0 Å². The van der Waals surface area contributed by atoms with E-state index in [1.54, 1.807) is 11.3 Å². The number of alkyl halides is 1. The van der Waals surface area contributed by atoms with Gasteiger partial charge in [0, 0.05) is 23.3 Å². The number of hydrogen-bond donors (Lipinski definition) is 1. The Morgan fingerprint density at radius 2 is 2.36 bits per heavy atom. The van der Waals surface area contributed by atoms with Gasteiger partial charge in [0.15, 0.2) is 0 Å². The molecule has 0 fully saturated rings. The fraction of sp³-hybridized carbons (Fsp3) is 0.556. The molecule has 0 aromatic carbocycles. The minimum absolute atomic E-state index is 0.310. The summed E-state index contributed by atoms with van der Waals surface area (Å²) in [5, 5.41) is 10.0. The molecule has 5 heteroatoms. The van der Waals surface area contributed by atoms with Crippen LogP contribution in [-0.2, 0) is 6.54 Å². The molecule has 0 aliphatic carbocycles. The summed E-state index contributed by atoms with van der Waals surface area (Å²) in [6, 6.07) is 3.92. The van der Waals surface area contributed by atoms with Gasteiger partial charge in [0.2, 0.25) is 0 Å². The number of thiophene rings is 1. The summed E-state index contributed by atoms with van der Waals surface area (Å²) in [5.41, 5.74) is 0. The molecule has 1 aromatic rings. The second kappa shape index (κ2) is 6.08. The van der Waals surface area contributed by atoms with Crippen LogP contribution in [0, 0.1) is 0 Å². The van der Waals surface area contributed by atoms with E-state index >= 15 is 0 Å². The zero-order chi connectivity index (χ0) is 10.6. The van der Waals surface area contributed by atoms with Gasteiger partial charge < -0.3 is 5.11 Å². The van der Waals surface area contributed by atoms with E-state index in [-0.39, 0.29) is 6.10 Å². The first kappa shape index (κ1) is 12.5. The Hall–Kier alpha value is 0.390. The summed E-state index contributed by atoms with van der Waals surface area (Å²) >= 11 is 10.6. The Kier molecular flexibility index (Phi) is 5.41. The van der Waals surface area contributed by atoms with Crippen molar-refractivity contribution in [2.45, 2.75) is 12.6 Å². The lowest BCUT2D eigenvalue weighted by molar-refractivity contribution is 0.143. The fourth-order valence-electron chi connectivity index (χ4n) is 1.18. The summed E-state index contributed by atoms with van der Waals surface area (Å²) in [4.78, 5) is 3.30. The number of aliphatic hydroxyl groups is 1. The molecule has 2 nitrogen and oxygen atoms in total. The third-order valence-corrected chi connectivity index (χ3v) is 3.72. The largest absolute Gasteiger partial charge is 0.391 e. The van der Waals surface area contributed by atoms with Crippen molar-refractivity contribution in [1.29, 1.82) is 0 Å². The lowest BCUT2D eigenvalue weighted by atomic mass is 10.3. The van der Waals surface area contributed by atoms with Crippen molar-refractivity contribution in [2.75, 3.05) is 18.9 Å². The fourth-order valence-corrected chi connectivity index (χ4v) is 2.55. The van der Waals surface area contributed by atoms with Gasteiger partial charge in [-0.25, -0.2) is 0 Å². The van der Waals surface area contributed by atoms with Crippen LogP contribution in [0.25, 0.3) is 0 Å². The van der Waals surface area contributed by atoms with Crippen molar-refractivity contribution < 1.29 is 5.11 Å². The topological polar surface area (TPSA) is 23.5 Å². The van der Waals surface area contributed by atoms with Gasteiger partial charge >= 0.3 is 0 Å². The first-order chi connectivity index (χ1) is 6.61. The maximum Gasteiger partial charge on any atom is 0.0931 e.